The molecule has 0 saturated heterocycles. The zero-order valence-electron chi connectivity index (χ0n) is 9.65. The normalized spacial score (nSPS) is 20.5. The molecule has 1 saturated carbocycles. The molecule has 2 aliphatic carbocycles. The van der Waals surface area contributed by atoms with Crippen LogP contribution in [0.15, 0.2) is 36.4 Å². The molecule has 0 amide bonds. The first-order valence-corrected chi connectivity index (χ1v) is 6.39. The van der Waals surface area contributed by atoms with Crippen molar-refractivity contribution in [1.29, 1.82) is 0 Å². The first-order chi connectivity index (χ1) is 7.92. The number of nitrogens with one attached hydrogen (secondary N) is 1. The Bertz CT molecular complexity index is 382. The smallest absolute Gasteiger partial charge is 0.0208 e. The first kappa shape index (κ1) is 10.1. The van der Waals surface area contributed by atoms with Crippen LogP contribution in [0.2, 0.25) is 0 Å². The fourth-order valence-corrected chi connectivity index (χ4v) is 2.42. The minimum Gasteiger partial charge on any atom is -0.309 e. The highest BCUT2D eigenvalue weighted by molar-refractivity contribution is 5.29. The zero-order chi connectivity index (χ0) is 10.8. The average molecular weight is 213 g/mol. The lowest BCUT2D eigenvalue weighted by Gasteiger charge is -2.12. The van der Waals surface area contributed by atoms with Gasteiger partial charge in [-0.1, -0.05) is 36.4 Å². The van der Waals surface area contributed by atoms with E-state index in [1.54, 1.807) is 5.56 Å². The Labute approximate surface area is 97.6 Å². The van der Waals surface area contributed by atoms with Crippen LogP contribution < -0.4 is 5.32 Å². The lowest BCUT2D eigenvalue weighted by molar-refractivity contribution is 0.538. The standard InChI is InChI=1S/C15H19N/c1-2-7-15(6-1)16-11-12-4-3-5-14(10-12)13-8-9-13/h1-5,10,13,15-16H,6-9,11H2. The van der Waals surface area contributed by atoms with Gasteiger partial charge in [-0.05, 0) is 42.7 Å². The quantitative estimate of drug-likeness (QED) is 0.756. The second kappa shape index (κ2) is 4.42. The summed E-state index contributed by atoms with van der Waals surface area (Å²) >= 11 is 0. The van der Waals surface area contributed by atoms with E-state index in [9.17, 15) is 0 Å². The van der Waals surface area contributed by atoms with Gasteiger partial charge in [-0.2, -0.15) is 0 Å². The minimum absolute atomic E-state index is 0.671. The molecule has 84 valence electrons. The van der Waals surface area contributed by atoms with E-state index in [0.717, 1.165) is 12.5 Å². The maximum Gasteiger partial charge on any atom is 0.0208 e. The van der Waals surface area contributed by atoms with Gasteiger partial charge in [0.05, 0.1) is 0 Å². The zero-order valence-corrected chi connectivity index (χ0v) is 9.65. The molecule has 0 aliphatic heterocycles. The Morgan fingerprint density at radius 1 is 1.12 bits per heavy atom. The van der Waals surface area contributed by atoms with E-state index >= 15 is 0 Å². The van der Waals surface area contributed by atoms with Gasteiger partial charge >= 0.3 is 0 Å². The van der Waals surface area contributed by atoms with Gasteiger partial charge in [0.15, 0.2) is 0 Å². The molecule has 1 aromatic carbocycles. The van der Waals surface area contributed by atoms with Crippen molar-refractivity contribution < 1.29 is 0 Å². The third kappa shape index (κ3) is 2.35. The fourth-order valence-electron chi connectivity index (χ4n) is 2.42. The third-order valence-electron chi connectivity index (χ3n) is 3.60. The molecular weight excluding hydrogens is 194 g/mol. The molecule has 2 aliphatic rings. The van der Waals surface area contributed by atoms with E-state index in [1.807, 2.05) is 0 Å². The summed E-state index contributed by atoms with van der Waals surface area (Å²) in [6.07, 6.45) is 9.73. The van der Waals surface area contributed by atoms with Gasteiger partial charge in [0.25, 0.3) is 0 Å². The predicted molar refractivity (Wildman–Crippen MR) is 67.4 cm³/mol. The van der Waals surface area contributed by atoms with Crippen molar-refractivity contribution in [3.05, 3.63) is 47.5 Å². The molecule has 0 radical (unpaired) electrons. The molecule has 0 heterocycles. The summed E-state index contributed by atoms with van der Waals surface area (Å²) in [4.78, 5) is 0. The Balaban J connectivity index is 1.58. The van der Waals surface area contributed by atoms with Crippen LogP contribution in [0.3, 0.4) is 0 Å². The van der Waals surface area contributed by atoms with E-state index in [2.05, 4.69) is 41.7 Å². The Morgan fingerprint density at radius 3 is 2.69 bits per heavy atom. The van der Waals surface area contributed by atoms with E-state index in [1.165, 1.54) is 31.2 Å². The summed E-state index contributed by atoms with van der Waals surface area (Å²) in [5, 5.41) is 3.62. The van der Waals surface area contributed by atoms with Gasteiger partial charge in [-0.3, -0.25) is 0 Å². The van der Waals surface area contributed by atoms with Crippen LogP contribution in [-0.4, -0.2) is 6.04 Å². The van der Waals surface area contributed by atoms with Crippen molar-refractivity contribution in [3.8, 4) is 0 Å². The maximum atomic E-state index is 3.62. The van der Waals surface area contributed by atoms with Crippen LogP contribution in [0.5, 0.6) is 0 Å². The molecule has 1 aromatic rings. The highest BCUT2D eigenvalue weighted by atomic mass is 14.9. The van der Waals surface area contributed by atoms with Gasteiger partial charge in [0.2, 0.25) is 0 Å². The van der Waals surface area contributed by atoms with Crippen molar-refractivity contribution in [1.82, 2.24) is 5.32 Å². The van der Waals surface area contributed by atoms with E-state index < -0.39 is 0 Å². The van der Waals surface area contributed by atoms with Crippen molar-refractivity contribution >= 4 is 0 Å². The van der Waals surface area contributed by atoms with Crippen LogP contribution in [0, 0.1) is 0 Å². The van der Waals surface area contributed by atoms with Gasteiger partial charge in [0, 0.05) is 12.6 Å². The van der Waals surface area contributed by atoms with Gasteiger partial charge < -0.3 is 5.32 Å². The molecule has 3 rings (SSSR count). The molecule has 16 heavy (non-hydrogen) atoms. The van der Waals surface area contributed by atoms with E-state index in [4.69, 9.17) is 0 Å². The van der Waals surface area contributed by atoms with Crippen LogP contribution in [-0.2, 0) is 6.54 Å². The average Bonchev–Trinajstić information content (AvgIpc) is 3.05. The SMILES string of the molecule is C1=CCC(NCc2cccc(C3CC3)c2)C1. The molecule has 1 heteroatoms. The maximum absolute atomic E-state index is 3.62. The van der Waals surface area contributed by atoms with Gasteiger partial charge in [0.1, 0.15) is 0 Å². The highest BCUT2D eigenvalue weighted by Crippen LogP contribution is 2.40. The van der Waals surface area contributed by atoms with Crippen molar-refractivity contribution in [2.75, 3.05) is 0 Å². The molecule has 0 spiro atoms. The van der Waals surface area contributed by atoms with E-state index in [0.29, 0.717) is 6.04 Å². The largest absolute Gasteiger partial charge is 0.309 e. The second-order valence-corrected chi connectivity index (χ2v) is 5.04. The molecule has 0 bridgehead atoms. The van der Waals surface area contributed by atoms with Crippen LogP contribution >= 0.6 is 0 Å². The predicted octanol–water partition coefficient (Wildman–Crippen LogP) is 3.37. The van der Waals surface area contributed by atoms with Crippen molar-refractivity contribution in [2.24, 2.45) is 0 Å². The van der Waals surface area contributed by atoms with Gasteiger partial charge in [-0.25, -0.2) is 0 Å². The summed E-state index contributed by atoms with van der Waals surface area (Å²) in [5.74, 6) is 0.869. The molecule has 0 unspecified atom stereocenters. The lowest BCUT2D eigenvalue weighted by atomic mass is 10.1. The highest BCUT2D eigenvalue weighted by Gasteiger charge is 2.23. The third-order valence-corrected chi connectivity index (χ3v) is 3.60. The Morgan fingerprint density at radius 2 is 1.94 bits per heavy atom. The molecule has 1 nitrogen and oxygen atoms in total. The number of hydrogen-bond donors (Lipinski definition) is 1. The number of hydrogen-bond acceptors (Lipinski definition) is 1. The van der Waals surface area contributed by atoms with Crippen LogP contribution in [0.4, 0.5) is 0 Å². The summed E-state index contributed by atoms with van der Waals surface area (Å²) in [6, 6.07) is 9.77. The Hall–Kier alpha value is -1.08. The topological polar surface area (TPSA) is 12.0 Å². The van der Waals surface area contributed by atoms with Gasteiger partial charge in [-0.15, -0.1) is 0 Å². The summed E-state index contributed by atoms with van der Waals surface area (Å²) in [5.41, 5.74) is 2.99. The van der Waals surface area contributed by atoms with Crippen LogP contribution in [0.25, 0.3) is 0 Å². The van der Waals surface area contributed by atoms with Crippen molar-refractivity contribution in [2.45, 2.75) is 44.2 Å². The molecule has 0 aromatic heterocycles. The van der Waals surface area contributed by atoms with Crippen molar-refractivity contribution in [3.63, 3.8) is 0 Å². The molecule has 0 atom stereocenters. The minimum atomic E-state index is 0.671. The summed E-state index contributed by atoms with van der Waals surface area (Å²) in [7, 11) is 0. The summed E-state index contributed by atoms with van der Waals surface area (Å²) in [6.45, 7) is 1.02. The molecule has 1 fully saturated rings. The van der Waals surface area contributed by atoms with Crippen LogP contribution in [0.1, 0.15) is 42.7 Å². The van der Waals surface area contributed by atoms with E-state index in [-0.39, 0.29) is 0 Å². The fraction of sp³-hybridized carbons (Fsp3) is 0.467. The monoisotopic (exact) mass is 213 g/mol. The second-order valence-electron chi connectivity index (χ2n) is 5.04. The molecular formula is C15H19N. The first-order valence-electron chi connectivity index (χ1n) is 6.39. The lowest BCUT2D eigenvalue weighted by Crippen LogP contribution is -2.25. The molecule has 1 N–H and O–H groups in total. The Kier molecular flexibility index (Phi) is 2.79. The number of benzene rings is 1. The summed E-state index contributed by atoms with van der Waals surface area (Å²) < 4.78 is 0. The number of rotatable bonds is 4.